The van der Waals surface area contributed by atoms with Gasteiger partial charge in [-0.1, -0.05) is 0 Å². The van der Waals surface area contributed by atoms with Crippen LogP contribution in [0.1, 0.15) is 26.7 Å². The maximum atomic E-state index is 12.7. The number of nitrogens with zero attached hydrogens (tertiary/aromatic N) is 1. The minimum Gasteiger partial charge on any atom is -0.491 e. The Morgan fingerprint density at radius 1 is 1.32 bits per heavy atom. The molecule has 1 N–H and O–H groups in total. The normalized spacial score (nSPS) is 19.2. The predicted octanol–water partition coefficient (Wildman–Crippen LogP) is 2.27. The highest BCUT2D eigenvalue weighted by atomic mass is 35.5. The summed E-state index contributed by atoms with van der Waals surface area (Å²) in [6, 6.07) is 6.74. The molecule has 1 atom stereocenters. The Hall–Kier alpha value is -0.820. The summed E-state index contributed by atoms with van der Waals surface area (Å²) in [6.45, 7) is 5.17. The van der Waals surface area contributed by atoms with Crippen LogP contribution >= 0.6 is 12.4 Å². The highest BCUT2D eigenvalue weighted by Gasteiger charge is 2.34. The molecule has 1 heterocycles. The second-order valence-corrected chi connectivity index (χ2v) is 7.50. The number of halogens is 1. The second-order valence-electron chi connectivity index (χ2n) is 5.61. The van der Waals surface area contributed by atoms with Gasteiger partial charge < -0.3 is 10.1 Å². The SMILES string of the molecule is CNCC1CCCN1S(=O)(=O)c1ccc(OC(C)C)cc1.Cl. The van der Waals surface area contributed by atoms with Crippen molar-refractivity contribution in [2.75, 3.05) is 20.1 Å². The fourth-order valence-electron chi connectivity index (χ4n) is 2.66. The van der Waals surface area contributed by atoms with Gasteiger partial charge in [0.2, 0.25) is 10.0 Å². The summed E-state index contributed by atoms with van der Waals surface area (Å²) in [5, 5.41) is 3.07. The van der Waals surface area contributed by atoms with E-state index >= 15 is 0 Å². The molecule has 126 valence electrons. The zero-order valence-electron chi connectivity index (χ0n) is 13.3. The molecule has 1 aliphatic heterocycles. The molecule has 1 saturated heterocycles. The first-order chi connectivity index (χ1) is 9.95. The lowest BCUT2D eigenvalue weighted by atomic mass is 10.2. The average Bonchev–Trinajstić information content (AvgIpc) is 2.88. The zero-order valence-corrected chi connectivity index (χ0v) is 14.9. The van der Waals surface area contributed by atoms with E-state index in [1.807, 2.05) is 20.9 Å². The molecule has 22 heavy (non-hydrogen) atoms. The largest absolute Gasteiger partial charge is 0.491 e. The molecule has 0 aliphatic carbocycles. The zero-order chi connectivity index (χ0) is 15.5. The fraction of sp³-hybridized carbons (Fsp3) is 0.600. The Morgan fingerprint density at radius 3 is 2.50 bits per heavy atom. The molecule has 0 spiro atoms. The number of benzene rings is 1. The number of likely N-dealkylation sites (N-methyl/N-ethyl adjacent to an activating group) is 1. The summed E-state index contributed by atoms with van der Waals surface area (Å²) < 4.78 is 32.6. The highest BCUT2D eigenvalue weighted by Crippen LogP contribution is 2.27. The number of hydrogen-bond acceptors (Lipinski definition) is 4. The van der Waals surface area contributed by atoms with Crippen LogP contribution in [0.3, 0.4) is 0 Å². The summed E-state index contributed by atoms with van der Waals surface area (Å²) in [6.07, 6.45) is 1.90. The van der Waals surface area contributed by atoms with E-state index in [2.05, 4.69) is 5.32 Å². The third-order valence-corrected chi connectivity index (χ3v) is 5.53. The quantitative estimate of drug-likeness (QED) is 0.856. The van der Waals surface area contributed by atoms with Gasteiger partial charge in [0.15, 0.2) is 0 Å². The van der Waals surface area contributed by atoms with Gasteiger partial charge in [-0.25, -0.2) is 8.42 Å². The van der Waals surface area contributed by atoms with E-state index < -0.39 is 10.0 Å². The number of sulfonamides is 1. The van der Waals surface area contributed by atoms with Crippen molar-refractivity contribution in [3.05, 3.63) is 24.3 Å². The minimum absolute atomic E-state index is 0. The lowest BCUT2D eigenvalue weighted by molar-refractivity contribution is 0.242. The van der Waals surface area contributed by atoms with Gasteiger partial charge in [-0.15, -0.1) is 12.4 Å². The van der Waals surface area contributed by atoms with Gasteiger partial charge in [0.05, 0.1) is 11.0 Å². The van der Waals surface area contributed by atoms with E-state index in [0.29, 0.717) is 23.7 Å². The maximum absolute atomic E-state index is 12.7. The molecule has 2 rings (SSSR count). The second kappa shape index (κ2) is 8.15. The molecule has 1 aromatic carbocycles. The van der Waals surface area contributed by atoms with Crippen molar-refractivity contribution in [3.63, 3.8) is 0 Å². The molecule has 0 saturated carbocycles. The molecule has 1 aromatic rings. The molecule has 1 unspecified atom stereocenters. The van der Waals surface area contributed by atoms with Gasteiger partial charge in [0.1, 0.15) is 5.75 Å². The summed E-state index contributed by atoms with van der Waals surface area (Å²) in [5.41, 5.74) is 0. The van der Waals surface area contributed by atoms with Crippen LogP contribution in [0.4, 0.5) is 0 Å². The van der Waals surface area contributed by atoms with Crippen LogP contribution in [0.25, 0.3) is 0 Å². The van der Waals surface area contributed by atoms with Crippen LogP contribution in [0.15, 0.2) is 29.2 Å². The van der Waals surface area contributed by atoms with Crippen molar-refractivity contribution >= 4 is 22.4 Å². The van der Waals surface area contributed by atoms with Crippen LogP contribution in [0.5, 0.6) is 5.75 Å². The van der Waals surface area contributed by atoms with E-state index in [0.717, 1.165) is 12.8 Å². The number of nitrogens with one attached hydrogen (secondary N) is 1. The number of hydrogen-bond donors (Lipinski definition) is 1. The van der Waals surface area contributed by atoms with E-state index in [1.54, 1.807) is 28.6 Å². The van der Waals surface area contributed by atoms with Crippen LogP contribution in [0, 0.1) is 0 Å². The van der Waals surface area contributed by atoms with E-state index in [4.69, 9.17) is 4.74 Å². The van der Waals surface area contributed by atoms with Crippen molar-refractivity contribution in [1.29, 1.82) is 0 Å². The summed E-state index contributed by atoms with van der Waals surface area (Å²) in [7, 11) is -1.57. The Labute approximate surface area is 139 Å². The topological polar surface area (TPSA) is 58.6 Å². The summed E-state index contributed by atoms with van der Waals surface area (Å²) in [5.74, 6) is 0.692. The van der Waals surface area contributed by atoms with Crippen LogP contribution < -0.4 is 10.1 Å². The Bertz CT molecular complexity index is 561. The molecule has 5 nitrogen and oxygen atoms in total. The third-order valence-electron chi connectivity index (χ3n) is 3.56. The van der Waals surface area contributed by atoms with Gasteiger partial charge in [-0.3, -0.25) is 0 Å². The van der Waals surface area contributed by atoms with Crippen molar-refractivity contribution < 1.29 is 13.2 Å². The van der Waals surface area contributed by atoms with Crippen LogP contribution in [-0.2, 0) is 10.0 Å². The van der Waals surface area contributed by atoms with Crippen molar-refractivity contribution in [3.8, 4) is 5.75 Å². The first kappa shape index (κ1) is 19.2. The standard InChI is InChI=1S/C15H24N2O3S.ClH/c1-12(2)20-14-6-8-15(9-7-14)21(18,19)17-10-4-5-13(17)11-16-3;/h6-9,12-13,16H,4-5,10-11H2,1-3H3;1H. The lowest BCUT2D eigenvalue weighted by Gasteiger charge is -2.24. The molecule has 1 fully saturated rings. The van der Waals surface area contributed by atoms with Crippen molar-refractivity contribution in [1.82, 2.24) is 9.62 Å². The molecule has 7 heteroatoms. The van der Waals surface area contributed by atoms with E-state index in [-0.39, 0.29) is 24.6 Å². The van der Waals surface area contributed by atoms with Gasteiger partial charge >= 0.3 is 0 Å². The first-order valence-electron chi connectivity index (χ1n) is 7.38. The molecular formula is C15H25ClN2O3S. The number of ether oxygens (including phenoxy) is 1. The molecule has 1 aliphatic rings. The van der Waals surface area contributed by atoms with Crippen molar-refractivity contribution in [2.45, 2.75) is 43.7 Å². The van der Waals surface area contributed by atoms with Gasteiger partial charge in [0, 0.05) is 19.1 Å². The van der Waals surface area contributed by atoms with Gasteiger partial charge in [-0.2, -0.15) is 4.31 Å². The van der Waals surface area contributed by atoms with Gasteiger partial charge in [0.25, 0.3) is 0 Å². The number of rotatable bonds is 6. The van der Waals surface area contributed by atoms with E-state index in [1.165, 1.54) is 0 Å². The monoisotopic (exact) mass is 348 g/mol. The fourth-order valence-corrected chi connectivity index (χ4v) is 4.36. The first-order valence-corrected chi connectivity index (χ1v) is 8.82. The maximum Gasteiger partial charge on any atom is 0.243 e. The Morgan fingerprint density at radius 2 is 1.95 bits per heavy atom. The minimum atomic E-state index is -3.42. The third kappa shape index (κ3) is 4.35. The summed E-state index contributed by atoms with van der Waals surface area (Å²) >= 11 is 0. The average molecular weight is 349 g/mol. The molecule has 0 bridgehead atoms. The van der Waals surface area contributed by atoms with Crippen molar-refractivity contribution in [2.24, 2.45) is 0 Å². The lowest BCUT2D eigenvalue weighted by Crippen LogP contribution is -2.40. The Balaban J connectivity index is 0.00000242. The molecular weight excluding hydrogens is 324 g/mol. The van der Waals surface area contributed by atoms with Gasteiger partial charge in [-0.05, 0) is 58.0 Å². The predicted molar refractivity (Wildman–Crippen MR) is 90.3 cm³/mol. The van der Waals surface area contributed by atoms with Crippen LogP contribution in [-0.4, -0.2) is 45.0 Å². The molecule has 0 radical (unpaired) electrons. The molecule has 0 aromatic heterocycles. The highest BCUT2D eigenvalue weighted by molar-refractivity contribution is 7.89. The van der Waals surface area contributed by atoms with E-state index in [9.17, 15) is 8.42 Å². The Kier molecular flexibility index (Phi) is 7.12. The molecule has 0 amide bonds. The van der Waals surface area contributed by atoms with Crippen LogP contribution in [0.2, 0.25) is 0 Å². The smallest absolute Gasteiger partial charge is 0.243 e. The summed E-state index contributed by atoms with van der Waals surface area (Å²) in [4.78, 5) is 0.335.